The molecule has 0 saturated heterocycles. The Bertz CT molecular complexity index is 972. The lowest BCUT2D eigenvalue weighted by atomic mass is 9.43. The van der Waals surface area contributed by atoms with Crippen molar-refractivity contribution < 1.29 is 9.59 Å². The van der Waals surface area contributed by atoms with Gasteiger partial charge in [-0.1, -0.05) is 42.0 Å². The molecule has 29 heavy (non-hydrogen) atoms. The van der Waals surface area contributed by atoms with Gasteiger partial charge in [-0.3, -0.25) is 14.5 Å². The molecule has 4 saturated carbocycles. The molecule has 5 aliphatic rings. The molecular weight excluding hydrogens is 358 g/mol. The van der Waals surface area contributed by atoms with Gasteiger partial charge < -0.3 is 0 Å². The van der Waals surface area contributed by atoms with Crippen molar-refractivity contribution in [2.45, 2.75) is 50.9 Å². The lowest BCUT2D eigenvalue weighted by Crippen LogP contribution is -2.57. The van der Waals surface area contributed by atoms with E-state index < -0.39 is 0 Å². The van der Waals surface area contributed by atoms with E-state index in [1.165, 1.54) is 43.2 Å². The van der Waals surface area contributed by atoms with Crippen LogP contribution in [0.1, 0.15) is 70.4 Å². The Hall–Kier alpha value is -2.42. The summed E-state index contributed by atoms with van der Waals surface area (Å²) in [7, 11) is 0. The normalized spacial score (nSPS) is 34.7. The number of carbonyl (C=O) groups is 2. The topological polar surface area (TPSA) is 37.4 Å². The zero-order valence-electron chi connectivity index (χ0n) is 17.0. The molecule has 0 unspecified atom stereocenters. The number of hydrogen-bond donors (Lipinski definition) is 0. The van der Waals surface area contributed by atoms with Crippen LogP contribution in [0.5, 0.6) is 0 Å². The minimum atomic E-state index is -0.0919. The predicted octanol–water partition coefficient (Wildman–Crippen LogP) is 5.13. The molecule has 3 nitrogen and oxygen atoms in total. The van der Waals surface area contributed by atoms with Gasteiger partial charge in [-0.15, -0.1) is 0 Å². The van der Waals surface area contributed by atoms with Crippen LogP contribution in [0.4, 0.5) is 0 Å². The molecule has 3 heteroatoms. The number of amides is 2. The van der Waals surface area contributed by atoms with Crippen LogP contribution in [0, 0.1) is 24.2 Å². The second-order valence-corrected chi connectivity index (χ2v) is 10.3. The molecule has 1 aliphatic heterocycles. The first kappa shape index (κ1) is 17.4. The Labute approximate surface area is 172 Å². The van der Waals surface area contributed by atoms with E-state index in [0.29, 0.717) is 17.7 Å². The third kappa shape index (κ3) is 2.49. The third-order valence-corrected chi connectivity index (χ3v) is 8.22. The molecule has 2 atom stereocenters. The minimum Gasteiger partial charge on any atom is -0.274 e. The molecule has 2 aromatic carbocycles. The van der Waals surface area contributed by atoms with E-state index in [2.05, 4.69) is 31.2 Å². The molecule has 2 amide bonds. The van der Waals surface area contributed by atoms with E-state index >= 15 is 0 Å². The summed E-state index contributed by atoms with van der Waals surface area (Å²) < 4.78 is 0. The number of hydrogen-bond acceptors (Lipinski definition) is 2. The summed E-state index contributed by atoms with van der Waals surface area (Å²) in [5.74, 6) is 1.27. The van der Waals surface area contributed by atoms with E-state index in [9.17, 15) is 9.59 Å². The molecule has 4 aliphatic carbocycles. The van der Waals surface area contributed by atoms with E-state index in [0.717, 1.165) is 18.3 Å². The van der Waals surface area contributed by atoms with Crippen LogP contribution >= 0.6 is 0 Å². The molecule has 0 N–H and O–H groups in total. The van der Waals surface area contributed by atoms with Crippen molar-refractivity contribution in [3.63, 3.8) is 0 Å². The van der Waals surface area contributed by atoms with Gasteiger partial charge in [0.15, 0.2) is 0 Å². The van der Waals surface area contributed by atoms with Crippen LogP contribution in [0.25, 0.3) is 0 Å². The summed E-state index contributed by atoms with van der Waals surface area (Å²) >= 11 is 0. The molecule has 4 fully saturated rings. The summed E-state index contributed by atoms with van der Waals surface area (Å²) in [6, 6.07) is 16.4. The second-order valence-electron chi connectivity index (χ2n) is 10.3. The predicted molar refractivity (Wildman–Crippen MR) is 112 cm³/mol. The average molecular weight is 386 g/mol. The molecule has 2 aromatic rings. The van der Waals surface area contributed by atoms with E-state index in [1.54, 1.807) is 17.0 Å². The second kappa shape index (κ2) is 5.81. The molecule has 0 radical (unpaired) electrons. The third-order valence-electron chi connectivity index (χ3n) is 8.22. The number of aryl methyl sites for hydroxylation is 1. The van der Waals surface area contributed by atoms with Crippen molar-refractivity contribution in [3.8, 4) is 0 Å². The number of rotatable bonds is 3. The summed E-state index contributed by atoms with van der Waals surface area (Å²) in [5.41, 5.74) is 4.26. The molecule has 1 heterocycles. The van der Waals surface area contributed by atoms with Crippen molar-refractivity contribution in [2.75, 3.05) is 6.54 Å². The van der Waals surface area contributed by atoms with Crippen LogP contribution in [0.3, 0.4) is 0 Å². The maximum atomic E-state index is 13.0. The summed E-state index contributed by atoms with van der Waals surface area (Å²) in [6.07, 6.45) is 7.34. The highest BCUT2D eigenvalue weighted by Crippen LogP contribution is 2.66. The first-order chi connectivity index (χ1) is 14.0. The Morgan fingerprint density at radius 1 is 0.862 bits per heavy atom. The number of fused-ring (bicyclic) bond motifs is 1. The van der Waals surface area contributed by atoms with Crippen LogP contribution in [0.15, 0.2) is 48.5 Å². The highest BCUT2D eigenvalue weighted by molar-refractivity contribution is 6.21. The highest BCUT2D eigenvalue weighted by atomic mass is 16.2. The fraction of sp³-hybridized carbons (Fsp3) is 0.462. The number of benzene rings is 2. The summed E-state index contributed by atoms with van der Waals surface area (Å²) in [5, 5.41) is 0. The first-order valence-corrected chi connectivity index (χ1v) is 11.0. The zero-order chi connectivity index (χ0) is 19.8. The van der Waals surface area contributed by atoms with Gasteiger partial charge in [0.05, 0.1) is 11.1 Å². The molecule has 0 spiro atoms. The standard InChI is InChI=1S/C26H27NO2/c1-17-6-8-20(9-7-17)26-13-18-10-19(14-26)12-25(11-18,15-26)16-27-23(28)21-4-2-3-5-22(21)24(27)29/h2-9,18-19H,10-16H2,1H3/t18-,19-,25?,26?/m0/s1. The van der Waals surface area contributed by atoms with Gasteiger partial charge in [0.1, 0.15) is 0 Å². The highest BCUT2D eigenvalue weighted by Gasteiger charge is 2.59. The summed E-state index contributed by atoms with van der Waals surface area (Å²) in [6.45, 7) is 2.74. The van der Waals surface area contributed by atoms with Gasteiger partial charge in [-0.2, -0.15) is 0 Å². The van der Waals surface area contributed by atoms with Gasteiger partial charge in [0.25, 0.3) is 11.8 Å². The van der Waals surface area contributed by atoms with E-state index in [-0.39, 0.29) is 22.6 Å². The molecule has 0 aromatic heterocycles. The molecule has 4 bridgehead atoms. The van der Waals surface area contributed by atoms with Crippen LogP contribution in [0.2, 0.25) is 0 Å². The van der Waals surface area contributed by atoms with Crippen molar-refractivity contribution in [3.05, 3.63) is 70.8 Å². The van der Waals surface area contributed by atoms with Crippen LogP contribution in [-0.2, 0) is 5.41 Å². The smallest absolute Gasteiger partial charge is 0.261 e. The maximum absolute atomic E-state index is 13.0. The van der Waals surface area contributed by atoms with Crippen molar-refractivity contribution in [1.82, 2.24) is 4.90 Å². The number of nitrogens with zero attached hydrogens (tertiary/aromatic N) is 1. The van der Waals surface area contributed by atoms with Gasteiger partial charge >= 0.3 is 0 Å². The molecule has 148 valence electrons. The Kier molecular flexibility index (Phi) is 3.49. The minimum absolute atomic E-state index is 0.0856. The average Bonchev–Trinajstić information content (AvgIpc) is 2.92. The van der Waals surface area contributed by atoms with Crippen LogP contribution in [-0.4, -0.2) is 23.3 Å². The summed E-state index contributed by atoms with van der Waals surface area (Å²) in [4.78, 5) is 27.6. The fourth-order valence-corrected chi connectivity index (χ4v) is 7.60. The van der Waals surface area contributed by atoms with E-state index in [1.807, 2.05) is 12.1 Å². The van der Waals surface area contributed by atoms with Crippen molar-refractivity contribution >= 4 is 11.8 Å². The van der Waals surface area contributed by atoms with Crippen molar-refractivity contribution in [2.24, 2.45) is 17.3 Å². The van der Waals surface area contributed by atoms with Gasteiger partial charge in [0.2, 0.25) is 0 Å². The van der Waals surface area contributed by atoms with Crippen molar-refractivity contribution in [1.29, 1.82) is 0 Å². The molecule has 7 rings (SSSR count). The van der Waals surface area contributed by atoms with Gasteiger partial charge in [-0.05, 0) is 85.8 Å². The largest absolute Gasteiger partial charge is 0.274 e. The fourth-order valence-electron chi connectivity index (χ4n) is 7.60. The Morgan fingerprint density at radius 2 is 1.45 bits per heavy atom. The Morgan fingerprint density at radius 3 is 2.03 bits per heavy atom. The monoisotopic (exact) mass is 385 g/mol. The number of carbonyl (C=O) groups excluding carboxylic acids is 2. The zero-order valence-corrected chi connectivity index (χ0v) is 17.0. The Balaban J connectivity index is 1.35. The number of imide groups is 1. The first-order valence-electron chi connectivity index (χ1n) is 11.0. The van der Waals surface area contributed by atoms with Gasteiger partial charge in [-0.25, -0.2) is 0 Å². The van der Waals surface area contributed by atoms with E-state index in [4.69, 9.17) is 0 Å². The quantitative estimate of drug-likeness (QED) is 0.687. The lowest BCUT2D eigenvalue weighted by Gasteiger charge is -2.63. The SMILES string of the molecule is Cc1ccc(C23C[C@H]4C[C@@H](CC(CN5C(=O)c6ccccc6C5=O)(C4)C2)C3)cc1. The van der Waals surface area contributed by atoms with Crippen LogP contribution < -0.4 is 0 Å². The van der Waals surface area contributed by atoms with Gasteiger partial charge in [0, 0.05) is 6.54 Å². The lowest BCUT2D eigenvalue weighted by molar-refractivity contribution is -0.0794. The molecular formula is C26H27NO2. The maximum Gasteiger partial charge on any atom is 0.261 e.